The molecule has 0 aromatic rings. The first-order chi connectivity index (χ1) is 6.90. The summed E-state index contributed by atoms with van der Waals surface area (Å²) in [5, 5.41) is 16.3. The van der Waals surface area contributed by atoms with E-state index in [0.29, 0.717) is 19.3 Å². The van der Waals surface area contributed by atoms with Crippen molar-refractivity contribution < 1.29 is 24.6 Å². The molecule has 0 aromatic carbocycles. The molecule has 0 spiro atoms. The normalized spacial score (nSPS) is 8.67. The first-order valence-electron chi connectivity index (χ1n) is 4.83. The van der Waals surface area contributed by atoms with E-state index in [2.05, 4.69) is 0 Å². The number of unbranched alkanes of at least 4 members (excludes halogenated alkanes) is 1. The Balaban J connectivity index is 0. The predicted molar refractivity (Wildman–Crippen MR) is 54.7 cm³/mol. The first-order valence-corrected chi connectivity index (χ1v) is 4.83. The fourth-order valence-electron chi connectivity index (χ4n) is 0.552. The Morgan fingerprint density at radius 3 is 1.33 bits per heavy atom. The number of hydrogen-bond donors (Lipinski definition) is 2. The second-order valence-corrected chi connectivity index (χ2v) is 3.05. The number of Topliss-reactive ketones (excluding diaryl/α,β-unsaturated/α-hetero) is 1. The molecular formula is C10H18O5. The van der Waals surface area contributed by atoms with Crippen LogP contribution in [-0.2, 0) is 14.4 Å². The molecule has 15 heavy (non-hydrogen) atoms. The average Bonchev–Trinajstić information content (AvgIpc) is 2.13. The fourth-order valence-corrected chi connectivity index (χ4v) is 0.552. The standard InChI is InChI=1S/C6H10O4.C4H8O/c7-5(8)3-1-2-4-6(9)10;1-3-4(2)5/h1-4H2,(H,7,8)(H,9,10);3H2,1-2H3. The lowest BCUT2D eigenvalue weighted by molar-refractivity contribution is -0.139. The Kier molecular flexibility index (Phi) is 11.4. The molecule has 0 saturated heterocycles. The van der Waals surface area contributed by atoms with Crippen molar-refractivity contribution in [3.8, 4) is 0 Å². The van der Waals surface area contributed by atoms with Crippen molar-refractivity contribution in [3.05, 3.63) is 0 Å². The molecule has 0 aliphatic heterocycles. The zero-order chi connectivity index (χ0) is 12.3. The van der Waals surface area contributed by atoms with Crippen molar-refractivity contribution in [1.29, 1.82) is 0 Å². The fraction of sp³-hybridized carbons (Fsp3) is 0.700. The summed E-state index contributed by atoms with van der Waals surface area (Å²) in [5.74, 6) is -1.49. The summed E-state index contributed by atoms with van der Waals surface area (Å²) in [6.45, 7) is 3.43. The Hall–Kier alpha value is -1.39. The molecule has 0 aliphatic rings. The van der Waals surface area contributed by atoms with E-state index in [1.54, 1.807) is 6.92 Å². The van der Waals surface area contributed by atoms with Gasteiger partial charge in [-0.05, 0) is 19.8 Å². The summed E-state index contributed by atoms with van der Waals surface area (Å²) >= 11 is 0. The quantitative estimate of drug-likeness (QED) is 0.662. The lowest BCUT2D eigenvalue weighted by Crippen LogP contribution is -1.97. The van der Waals surface area contributed by atoms with Crippen LogP contribution in [0.2, 0.25) is 0 Å². The number of rotatable bonds is 6. The second-order valence-electron chi connectivity index (χ2n) is 3.05. The highest BCUT2D eigenvalue weighted by Crippen LogP contribution is 1.98. The molecule has 0 aromatic heterocycles. The lowest BCUT2D eigenvalue weighted by Gasteiger charge is -1.92. The Morgan fingerprint density at radius 1 is 0.933 bits per heavy atom. The van der Waals surface area contributed by atoms with E-state index < -0.39 is 11.9 Å². The number of carboxylic acids is 2. The number of hydrogen-bond acceptors (Lipinski definition) is 3. The number of ketones is 1. The van der Waals surface area contributed by atoms with Gasteiger partial charge in [0.15, 0.2) is 0 Å². The van der Waals surface area contributed by atoms with Gasteiger partial charge in [0.2, 0.25) is 0 Å². The average molecular weight is 218 g/mol. The van der Waals surface area contributed by atoms with Crippen LogP contribution in [0.5, 0.6) is 0 Å². The molecule has 0 bridgehead atoms. The molecule has 2 N–H and O–H groups in total. The van der Waals surface area contributed by atoms with Crippen LogP contribution in [0, 0.1) is 0 Å². The molecule has 0 rings (SSSR count). The summed E-state index contributed by atoms with van der Waals surface area (Å²) in [7, 11) is 0. The number of carbonyl (C=O) groups is 3. The summed E-state index contributed by atoms with van der Waals surface area (Å²) in [5.41, 5.74) is 0. The van der Waals surface area contributed by atoms with E-state index in [4.69, 9.17) is 10.2 Å². The van der Waals surface area contributed by atoms with Crippen LogP contribution < -0.4 is 0 Å². The van der Waals surface area contributed by atoms with Gasteiger partial charge in [-0.25, -0.2) is 0 Å². The largest absolute Gasteiger partial charge is 0.481 e. The Labute approximate surface area is 89.1 Å². The van der Waals surface area contributed by atoms with Crippen LogP contribution in [0.1, 0.15) is 46.0 Å². The first kappa shape index (κ1) is 16.1. The molecule has 0 amide bonds. The van der Waals surface area contributed by atoms with E-state index in [-0.39, 0.29) is 18.6 Å². The molecule has 88 valence electrons. The minimum atomic E-state index is -0.870. The Morgan fingerprint density at radius 2 is 1.20 bits per heavy atom. The SMILES string of the molecule is CCC(C)=O.O=C(O)CCCCC(=O)O. The lowest BCUT2D eigenvalue weighted by atomic mass is 10.2. The van der Waals surface area contributed by atoms with Crippen molar-refractivity contribution in [3.63, 3.8) is 0 Å². The van der Waals surface area contributed by atoms with Gasteiger partial charge in [0.25, 0.3) is 0 Å². The molecule has 0 fully saturated rings. The molecular weight excluding hydrogens is 200 g/mol. The van der Waals surface area contributed by atoms with Gasteiger partial charge in [-0.1, -0.05) is 6.92 Å². The van der Waals surface area contributed by atoms with Crippen LogP contribution in [0.4, 0.5) is 0 Å². The Bertz CT molecular complexity index is 194. The van der Waals surface area contributed by atoms with Crippen LogP contribution in [0.3, 0.4) is 0 Å². The van der Waals surface area contributed by atoms with Gasteiger partial charge >= 0.3 is 11.9 Å². The van der Waals surface area contributed by atoms with Crippen LogP contribution in [-0.4, -0.2) is 27.9 Å². The molecule has 0 atom stereocenters. The van der Waals surface area contributed by atoms with Gasteiger partial charge in [-0.2, -0.15) is 0 Å². The minimum Gasteiger partial charge on any atom is -0.481 e. The zero-order valence-electron chi connectivity index (χ0n) is 9.15. The van der Waals surface area contributed by atoms with Gasteiger partial charge in [-0.15, -0.1) is 0 Å². The van der Waals surface area contributed by atoms with E-state index in [1.165, 1.54) is 0 Å². The van der Waals surface area contributed by atoms with Gasteiger partial charge < -0.3 is 15.0 Å². The van der Waals surface area contributed by atoms with Gasteiger partial charge in [0, 0.05) is 19.3 Å². The van der Waals surface area contributed by atoms with Gasteiger partial charge in [-0.3, -0.25) is 9.59 Å². The number of carboxylic acid groups (broad SMARTS) is 2. The van der Waals surface area contributed by atoms with Crippen LogP contribution in [0.25, 0.3) is 0 Å². The number of carbonyl (C=O) groups excluding carboxylic acids is 1. The van der Waals surface area contributed by atoms with E-state index >= 15 is 0 Å². The molecule has 0 radical (unpaired) electrons. The molecule has 5 heteroatoms. The van der Waals surface area contributed by atoms with E-state index in [9.17, 15) is 14.4 Å². The van der Waals surface area contributed by atoms with Crippen molar-refractivity contribution >= 4 is 17.7 Å². The topological polar surface area (TPSA) is 91.7 Å². The molecule has 0 aliphatic carbocycles. The highest BCUT2D eigenvalue weighted by molar-refractivity contribution is 5.74. The molecule has 0 unspecified atom stereocenters. The third-order valence-corrected chi connectivity index (χ3v) is 1.53. The van der Waals surface area contributed by atoms with Gasteiger partial charge in [0.05, 0.1) is 0 Å². The summed E-state index contributed by atoms with van der Waals surface area (Å²) in [6.07, 6.45) is 1.68. The third-order valence-electron chi connectivity index (χ3n) is 1.53. The van der Waals surface area contributed by atoms with Gasteiger partial charge in [0.1, 0.15) is 5.78 Å². The number of aliphatic carboxylic acids is 2. The zero-order valence-corrected chi connectivity index (χ0v) is 9.15. The van der Waals surface area contributed by atoms with E-state index in [0.717, 1.165) is 0 Å². The van der Waals surface area contributed by atoms with Crippen molar-refractivity contribution in [2.75, 3.05) is 0 Å². The maximum absolute atomic E-state index is 9.90. The molecule has 5 nitrogen and oxygen atoms in total. The highest BCUT2D eigenvalue weighted by Gasteiger charge is 1.99. The molecule has 0 heterocycles. The summed E-state index contributed by atoms with van der Waals surface area (Å²) in [4.78, 5) is 29.6. The van der Waals surface area contributed by atoms with E-state index in [1.807, 2.05) is 6.92 Å². The third kappa shape index (κ3) is 24.5. The smallest absolute Gasteiger partial charge is 0.303 e. The van der Waals surface area contributed by atoms with Crippen molar-refractivity contribution in [2.45, 2.75) is 46.0 Å². The monoisotopic (exact) mass is 218 g/mol. The predicted octanol–water partition coefficient (Wildman–Crippen LogP) is 1.70. The second kappa shape index (κ2) is 10.7. The maximum atomic E-state index is 9.90. The summed E-state index contributed by atoms with van der Waals surface area (Å²) in [6, 6.07) is 0. The van der Waals surface area contributed by atoms with Crippen LogP contribution >= 0.6 is 0 Å². The summed E-state index contributed by atoms with van der Waals surface area (Å²) < 4.78 is 0. The van der Waals surface area contributed by atoms with Crippen LogP contribution in [0.15, 0.2) is 0 Å². The van der Waals surface area contributed by atoms with Crippen molar-refractivity contribution in [2.24, 2.45) is 0 Å². The maximum Gasteiger partial charge on any atom is 0.303 e. The highest BCUT2D eigenvalue weighted by atomic mass is 16.4. The minimum absolute atomic E-state index is 0.0628. The molecule has 0 saturated carbocycles. The van der Waals surface area contributed by atoms with Crippen molar-refractivity contribution in [1.82, 2.24) is 0 Å².